The van der Waals surface area contributed by atoms with Crippen molar-refractivity contribution in [1.82, 2.24) is 10.2 Å². The fraction of sp³-hybridized carbons (Fsp3) is 0.355. The summed E-state index contributed by atoms with van der Waals surface area (Å²) in [6.45, 7) is 1.04. The molecule has 9 nitrogen and oxygen atoms in total. The first-order valence-corrected chi connectivity index (χ1v) is 16.1. The highest BCUT2D eigenvalue weighted by atomic mass is 35.5. The number of methoxy groups -OCH3 is 2. The van der Waals surface area contributed by atoms with E-state index in [0.29, 0.717) is 21.4 Å². The van der Waals surface area contributed by atoms with Gasteiger partial charge in [-0.2, -0.15) is 0 Å². The van der Waals surface area contributed by atoms with Crippen LogP contribution < -0.4 is 19.1 Å². The first-order chi connectivity index (χ1) is 20.5. The Labute approximate surface area is 262 Å². The highest BCUT2D eigenvalue weighted by Gasteiger charge is 2.34. The van der Waals surface area contributed by atoms with Crippen molar-refractivity contribution in [2.75, 3.05) is 25.1 Å². The summed E-state index contributed by atoms with van der Waals surface area (Å²) in [5.41, 5.74) is 0.840. The Kier molecular flexibility index (Phi) is 10.8. The van der Waals surface area contributed by atoms with Crippen LogP contribution in [-0.2, 0) is 26.2 Å². The van der Waals surface area contributed by atoms with Crippen LogP contribution in [0.2, 0.25) is 10.0 Å². The molecular weight excluding hydrogens is 613 g/mol. The second-order valence-corrected chi connectivity index (χ2v) is 13.0. The number of hydrogen-bond acceptors (Lipinski definition) is 6. The molecule has 0 heterocycles. The van der Waals surface area contributed by atoms with E-state index in [0.717, 1.165) is 30.0 Å². The van der Waals surface area contributed by atoms with Gasteiger partial charge in [0.05, 0.1) is 24.8 Å². The molecule has 3 aromatic rings. The molecule has 1 unspecified atom stereocenters. The van der Waals surface area contributed by atoms with Crippen LogP contribution in [0.4, 0.5) is 5.69 Å². The van der Waals surface area contributed by atoms with Crippen molar-refractivity contribution in [3.05, 3.63) is 82.3 Å². The fourth-order valence-corrected chi connectivity index (χ4v) is 6.78. The Bertz CT molecular complexity index is 1550. The second kappa shape index (κ2) is 14.3. The quantitative estimate of drug-likeness (QED) is 0.271. The normalized spacial score (nSPS) is 14.2. The zero-order valence-corrected chi connectivity index (χ0v) is 26.6. The molecule has 43 heavy (non-hydrogen) atoms. The smallest absolute Gasteiger partial charge is 0.264 e. The van der Waals surface area contributed by atoms with Crippen molar-refractivity contribution in [2.24, 2.45) is 0 Å². The average molecular weight is 649 g/mol. The van der Waals surface area contributed by atoms with Gasteiger partial charge in [-0.1, -0.05) is 54.2 Å². The lowest BCUT2D eigenvalue weighted by Crippen LogP contribution is -2.52. The summed E-state index contributed by atoms with van der Waals surface area (Å²) < 4.78 is 39.8. The van der Waals surface area contributed by atoms with E-state index >= 15 is 0 Å². The maximum atomic E-state index is 14.1. The molecule has 1 N–H and O–H groups in total. The summed E-state index contributed by atoms with van der Waals surface area (Å²) >= 11 is 12.5. The van der Waals surface area contributed by atoms with Gasteiger partial charge in [-0.3, -0.25) is 13.9 Å². The first-order valence-electron chi connectivity index (χ1n) is 13.9. The summed E-state index contributed by atoms with van der Waals surface area (Å²) in [6.07, 6.45) is 3.83. The third kappa shape index (κ3) is 7.74. The molecule has 230 valence electrons. The van der Waals surface area contributed by atoms with E-state index in [9.17, 15) is 18.0 Å². The fourth-order valence-electron chi connectivity index (χ4n) is 5.03. The molecule has 0 spiro atoms. The Hall–Kier alpha value is -3.47. The lowest BCUT2D eigenvalue weighted by atomic mass is 10.1. The van der Waals surface area contributed by atoms with Crippen LogP contribution in [0.25, 0.3) is 0 Å². The number of hydrogen-bond donors (Lipinski definition) is 1. The van der Waals surface area contributed by atoms with Crippen LogP contribution in [0.3, 0.4) is 0 Å². The van der Waals surface area contributed by atoms with E-state index in [1.54, 1.807) is 31.2 Å². The summed E-state index contributed by atoms with van der Waals surface area (Å²) in [5.74, 6) is -0.340. The molecule has 4 rings (SSSR count). The van der Waals surface area contributed by atoms with Crippen molar-refractivity contribution in [3.8, 4) is 11.5 Å². The molecule has 0 bridgehead atoms. The van der Waals surface area contributed by atoms with Crippen molar-refractivity contribution < 1.29 is 27.5 Å². The van der Waals surface area contributed by atoms with Gasteiger partial charge >= 0.3 is 0 Å². The van der Waals surface area contributed by atoms with Gasteiger partial charge in [0.25, 0.3) is 10.0 Å². The number of nitrogens with zero attached hydrogens (tertiary/aromatic N) is 2. The minimum Gasteiger partial charge on any atom is -0.493 e. The molecule has 3 aromatic carbocycles. The van der Waals surface area contributed by atoms with E-state index in [1.807, 2.05) is 0 Å². The van der Waals surface area contributed by atoms with Crippen molar-refractivity contribution in [2.45, 2.75) is 56.1 Å². The number of ether oxygens (including phenoxy) is 2. The topological polar surface area (TPSA) is 105 Å². The molecule has 1 atom stereocenters. The van der Waals surface area contributed by atoms with Crippen LogP contribution in [-0.4, -0.2) is 58.0 Å². The van der Waals surface area contributed by atoms with Crippen LogP contribution in [0.5, 0.6) is 11.5 Å². The van der Waals surface area contributed by atoms with Gasteiger partial charge in [-0.25, -0.2) is 8.42 Å². The number of carbonyl (C=O) groups is 2. The van der Waals surface area contributed by atoms with Gasteiger partial charge < -0.3 is 19.7 Å². The van der Waals surface area contributed by atoms with Gasteiger partial charge in [-0.05, 0) is 67.8 Å². The van der Waals surface area contributed by atoms with Crippen LogP contribution in [0.1, 0.15) is 38.2 Å². The maximum Gasteiger partial charge on any atom is 0.264 e. The van der Waals surface area contributed by atoms with E-state index < -0.39 is 28.5 Å². The summed E-state index contributed by atoms with van der Waals surface area (Å²) in [4.78, 5) is 28.7. The molecule has 0 aromatic heterocycles. The number of carbonyl (C=O) groups excluding carboxylic acids is 2. The van der Waals surface area contributed by atoms with Gasteiger partial charge in [0.2, 0.25) is 11.8 Å². The molecule has 0 radical (unpaired) electrons. The number of benzene rings is 3. The SMILES string of the molecule is COc1ccc(S(=O)(=O)N(CC(=O)N(Cc2ccccc2Cl)C(C)C(=O)NC2CCCC2)c2ccc(Cl)cc2)cc1OC. The Morgan fingerprint density at radius 3 is 2.23 bits per heavy atom. The maximum absolute atomic E-state index is 14.1. The zero-order valence-electron chi connectivity index (χ0n) is 24.3. The van der Waals surface area contributed by atoms with E-state index in [-0.39, 0.29) is 34.8 Å². The highest BCUT2D eigenvalue weighted by Crippen LogP contribution is 2.33. The molecule has 1 aliphatic carbocycles. The number of anilines is 1. The van der Waals surface area contributed by atoms with Crippen LogP contribution in [0.15, 0.2) is 71.6 Å². The van der Waals surface area contributed by atoms with Gasteiger partial charge in [0.15, 0.2) is 11.5 Å². The highest BCUT2D eigenvalue weighted by molar-refractivity contribution is 7.92. The molecule has 1 aliphatic rings. The third-order valence-electron chi connectivity index (χ3n) is 7.50. The first kappa shape index (κ1) is 32.4. The number of halogens is 2. The third-order valence-corrected chi connectivity index (χ3v) is 9.89. The lowest BCUT2D eigenvalue weighted by Gasteiger charge is -2.32. The van der Waals surface area contributed by atoms with Crippen LogP contribution >= 0.6 is 23.2 Å². The number of nitrogens with one attached hydrogen (secondary N) is 1. The monoisotopic (exact) mass is 647 g/mol. The minimum absolute atomic E-state index is 0.00260. The Morgan fingerprint density at radius 1 is 0.953 bits per heavy atom. The van der Waals surface area contributed by atoms with Crippen molar-refractivity contribution >= 4 is 50.7 Å². The molecule has 2 amide bonds. The Balaban J connectivity index is 1.72. The van der Waals surface area contributed by atoms with Gasteiger partial charge in [-0.15, -0.1) is 0 Å². The number of rotatable bonds is 12. The predicted molar refractivity (Wildman–Crippen MR) is 167 cm³/mol. The largest absolute Gasteiger partial charge is 0.493 e. The average Bonchev–Trinajstić information content (AvgIpc) is 3.52. The molecule has 0 saturated heterocycles. The zero-order chi connectivity index (χ0) is 31.1. The second-order valence-electron chi connectivity index (χ2n) is 10.3. The lowest BCUT2D eigenvalue weighted by molar-refractivity contribution is -0.139. The van der Waals surface area contributed by atoms with E-state index in [1.165, 1.54) is 61.6 Å². The molecule has 1 saturated carbocycles. The summed E-state index contributed by atoms with van der Waals surface area (Å²) in [5, 5.41) is 3.87. The molecule has 1 fully saturated rings. The summed E-state index contributed by atoms with van der Waals surface area (Å²) in [7, 11) is -1.47. The van der Waals surface area contributed by atoms with E-state index in [2.05, 4.69) is 5.32 Å². The van der Waals surface area contributed by atoms with Crippen molar-refractivity contribution in [3.63, 3.8) is 0 Å². The number of amides is 2. The van der Waals surface area contributed by atoms with E-state index in [4.69, 9.17) is 32.7 Å². The molecule has 12 heteroatoms. The minimum atomic E-state index is -4.32. The standard InChI is InChI=1S/C31H35Cl2N3O6S/c1-21(31(38)34-24-9-5-6-10-24)35(19-22-8-4-7-11-27(22)33)30(37)20-36(25-14-12-23(32)13-15-25)43(39,40)26-16-17-28(41-2)29(18-26)42-3/h4,7-8,11-18,21,24H,5-6,9-10,19-20H2,1-3H3,(H,34,38). The Morgan fingerprint density at radius 2 is 1.60 bits per heavy atom. The van der Waals surface area contributed by atoms with Gasteiger partial charge in [0, 0.05) is 28.7 Å². The molecule has 0 aliphatic heterocycles. The van der Waals surface area contributed by atoms with Crippen molar-refractivity contribution in [1.29, 1.82) is 0 Å². The van der Waals surface area contributed by atoms with Crippen LogP contribution in [0, 0.1) is 0 Å². The predicted octanol–water partition coefficient (Wildman–Crippen LogP) is 5.68. The molecular formula is C31H35Cl2N3O6S. The number of sulfonamides is 1. The van der Waals surface area contributed by atoms with Gasteiger partial charge in [0.1, 0.15) is 12.6 Å². The summed E-state index contributed by atoms with van der Waals surface area (Å²) in [6, 6.07) is 16.5.